The first-order valence-corrected chi connectivity index (χ1v) is 14.2. The van der Waals surface area contributed by atoms with Gasteiger partial charge < -0.3 is 26.4 Å². The van der Waals surface area contributed by atoms with Gasteiger partial charge in [0, 0.05) is 25.3 Å². The van der Waals surface area contributed by atoms with Crippen LogP contribution in [-0.2, 0) is 22.7 Å². The maximum atomic E-state index is 14.2. The van der Waals surface area contributed by atoms with E-state index in [0.717, 1.165) is 55.3 Å². The molecule has 1 aliphatic heterocycles. The number of aromatic nitrogens is 1. The lowest BCUT2D eigenvalue weighted by Gasteiger charge is -2.39. The number of phenols is 1. The van der Waals surface area contributed by atoms with Gasteiger partial charge in [-0.2, -0.15) is 0 Å². The number of amides is 2. The summed E-state index contributed by atoms with van der Waals surface area (Å²) in [4.78, 5) is 34.0. The number of nitrogens with zero attached hydrogens (tertiary/aromatic N) is 2. The number of phenolic OH excluding ortho intramolecular Hbond substituents is 1. The van der Waals surface area contributed by atoms with Crippen molar-refractivity contribution < 1.29 is 14.7 Å². The van der Waals surface area contributed by atoms with Crippen LogP contribution in [0.25, 0.3) is 0 Å². The Kier molecular flexibility index (Phi) is 7.88. The van der Waals surface area contributed by atoms with E-state index in [-0.39, 0.29) is 29.5 Å². The van der Waals surface area contributed by atoms with Crippen LogP contribution in [0.1, 0.15) is 74.6 Å². The second-order valence-corrected chi connectivity index (χ2v) is 11.5. The van der Waals surface area contributed by atoms with Gasteiger partial charge in [-0.15, -0.1) is 0 Å². The fourth-order valence-corrected chi connectivity index (χ4v) is 6.59. The highest BCUT2D eigenvalue weighted by molar-refractivity contribution is 5.96. The maximum Gasteiger partial charge on any atom is 0.246 e. The topological polar surface area (TPSA) is 121 Å². The number of hydrogen-bond donors (Lipinski definition) is 4. The van der Waals surface area contributed by atoms with Gasteiger partial charge in [-0.05, 0) is 73.8 Å². The molecule has 8 heteroatoms. The van der Waals surface area contributed by atoms with E-state index in [2.05, 4.69) is 15.6 Å². The fourth-order valence-electron chi connectivity index (χ4n) is 6.59. The summed E-state index contributed by atoms with van der Waals surface area (Å²) in [6.07, 6.45) is 9.48. The molecule has 2 aliphatic carbocycles. The molecule has 3 atom stereocenters. The van der Waals surface area contributed by atoms with Crippen molar-refractivity contribution in [1.29, 1.82) is 0 Å². The molecule has 5 N–H and O–H groups in total. The summed E-state index contributed by atoms with van der Waals surface area (Å²) in [6, 6.07) is 10.4. The molecule has 0 bridgehead atoms. The standard InChI is InChI=1S/C30H41N5O3/c1-20-23(11-14-27(31)34-20)19-33-29(38)30-17-24(30)8-5-15-35(30)28(37)26(16-21-6-3-2-4-7-21)32-18-22-9-12-25(36)13-10-22/h9-14,21,24,26,32,36H,2-8,15-19H2,1H3,(H2,31,34)(H,33,38)/t24-,26-,30+/m1/s1. The quantitative estimate of drug-likeness (QED) is 0.400. The van der Waals surface area contributed by atoms with Crippen molar-refractivity contribution in [3.63, 3.8) is 0 Å². The molecule has 0 spiro atoms. The minimum atomic E-state index is -0.741. The Morgan fingerprint density at radius 3 is 2.58 bits per heavy atom. The van der Waals surface area contributed by atoms with Gasteiger partial charge >= 0.3 is 0 Å². The number of fused-ring (bicyclic) bond motifs is 1. The molecule has 8 nitrogen and oxygen atoms in total. The van der Waals surface area contributed by atoms with Crippen LogP contribution < -0.4 is 16.4 Å². The molecule has 0 radical (unpaired) electrons. The number of aryl methyl sites for hydroxylation is 1. The predicted molar refractivity (Wildman–Crippen MR) is 147 cm³/mol. The third-order valence-electron chi connectivity index (χ3n) is 8.89. The van der Waals surface area contributed by atoms with E-state index < -0.39 is 5.54 Å². The summed E-state index contributed by atoms with van der Waals surface area (Å²) in [5.74, 6) is 1.44. The molecule has 2 saturated carbocycles. The van der Waals surface area contributed by atoms with Gasteiger partial charge in [0.05, 0.1) is 6.04 Å². The molecule has 38 heavy (non-hydrogen) atoms. The Hall–Kier alpha value is -3.13. The number of nitrogens with two attached hydrogens (primary N) is 1. The van der Waals surface area contributed by atoms with Crippen molar-refractivity contribution >= 4 is 17.6 Å². The van der Waals surface area contributed by atoms with Crippen LogP contribution in [0.15, 0.2) is 36.4 Å². The first kappa shape index (κ1) is 26.5. The number of nitrogens with one attached hydrogen (secondary N) is 2. The molecule has 3 fully saturated rings. The van der Waals surface area contributed by atoms with E-state index in [4.69, 9.17) is 5.73 Å². The number of rotatable bonds is 9. The van der Waals surface area contributed by atoms with E-state index >= 15 is 0 Å². The monoisotopic (exact) mass is 519 g/mol. The smallest absolute Gasteiger partial charge is 0.246 e. The summed E-state index contributed by atoms with van der Waals surface area (Å²) in [5, 5.41) is 16.3. The molecule has 2 heterocycles. The van der Waals surface area contributed by atoms with Crippen LogP contribution in [0.2, 0.25) is 0 Å². The summed E-state index contributed by atoms with van der Waals surface area (Å²) in [5.41, 5.74) is 7.80. The summed E-state index contributed by atoms with van der Waals surface area (Å²) >= 11 is 0. The van der Waals surface area contributed by atoms with E-state index in [0.29, 0.717) is 31.4 Å². The average molecular weight is 520 g/mol. The van der Waals surface area contributed by atoms with Crippen LogP contribution in [0, 0.1) is 18.8 Å². The minimum absolute atomic E-state index is 0.0528. The summed E-state index contributed by atoms with van der Waals surface area (Å²) < 4.78 is 0. The number of piperidine rings is 1. The van der Waals surface area contributed by atoms with Crippen molar-refractivity contribution in [2.24, 2.45) is 11.8 Å². The second kappa shape index (κ2) is 11.3. The van der Waals surface area contributed by atoms with Crippen molar-refractivity contribution in [1.82, 2.24) is 20.5 Å². The average Bonchev–Trinajstić information content (AvgIpc) is 3.68. The third kappa shape index (κ3) is 5.65. The van der Waals surface area contributed by atoms with Crippen LogP contribution in [0.5, 0.6) is 5.75 Å². The van der Waals surface area contributed by atoms with Crippen LogP contribution >= 0.6 is 0 Å². The fraction of sp³-hybridized carbons (Fsp3) is 0.567. The van der Waals surface area contributed by atoms with Crippen LogP contribution in [-0.4, -0.2) is 44.9 Å². The van der Waals surface area contributed by atoms with Gasteiger partial charge in [-0.3, -0.25) is 9.59 Å². The van der Waals surface area contributed by atoms with E-state index in [1.54, 1.807) is 18.2 Å². The van der Waals surface area contributed by atoms with Gasteiger partial charge in [-0.1, -0.05) is 50.3 Å². The highest BCUT2D eigenvalue weighted by atomic mass is 16.3. The molecule has 5 rings (SSSR count). The van der Waals surface area contributed by atoms with Gasteiger partial charge in [0.1, 0.15) is 17.1 Å². The number of carbonyl (C=O) groups excluding carboxylic acids is 2. The SMILES string of the molecule is Cc1nc(N)ccc1CNC(=O)[C@]12C[C@H]1CCCN2C(=O)[C@@H](CC1CCCCC1)NCc1ccc(O)cc1. The van der Waals surface area contributed by atoms with E-state index in [9.17, 15) is 14.7 Å². The maximum absolute atomic E-state index is 14.2. The molecule has 204 valence electrons. The Labute approximate surface area is 225 Å². The van der Waals surface area contributed by atoms with Gasteiger partial charge in [0.25, 0.3) is 0 Å². The first-order valence-electron chi connectivity index (χ1n) is 14.2. The number of benzene rings is 1. The number of carbonyl (C=O) groups is 2. The number of pyridine rings is 1. The molecule has 1 saturated heterocycles. The summed E-state index contributed by atoms with van der Waals surface area (Å²) in [6.45, 7) is 3.43. The van der Waals surface area contributed by atoms with Gasteiger partial charge in [-0.25, -0.2) is 4.98 Å². The highest BCUT2D eigenvalue weighted by Crippen LogP contribution is 2.54. The largest absolute Gasteiger partial charge is 0.508 e. The van der Waals surface area contributed by atoms with Crippen molar-refractivity contribution in [2.75, 3.05) is 12.3 Å². The van der Waals surface area contributed by atoms with Crippen LogP contribution in [0.4, 0.5) is 5.82 Å². The number of aromatic hydroxyl groups is 1. The Morgan fingerprint density at radius 1 is 1.08 bits per heavy atom. The van der Waals surface area contributed by atoms with Gasteiger partial charge in [0.15, 0.2) is 0 Å². The molecule has 0 unspecified atom stereocenters. The lowest BCUT2D eigenvalue weighted by Crippen LogP contribution is -2.59. The zero-order valence-electron chi connectivity index (χ0n) is 22.4. The van der Waals surface area contributed by atoms with E-state index in [1.807, 2.05) is 30.0 Å². The van der Waals surface area contributed by atoms with Crippen molar-refractivity contribution in [2.45, 2.75) is 89.4 Å². The normalized spacial score (nSPS) is 23.9. The molecule has 2 amide bonds. The highest BCUT2D eigenvalue weighted by Gasteiger charge is 2.66. The second-order valence-electron chi connectivity index (χ2n) is 11.5. The van der Waals surface area contributed by atoms with Crippen molar-refractivity contribution in [3.05, 3.63) is 53.2 Å². The Bertz CT molecular complexity index is 1150. The number of likely N-dealkylation sites (tertiary alicyclic amines) is 1. The Balaban J connectivity index is 1.31. The zero-order chi connectivity index (χ0) is 26.7. The molecule has 3 aliphatic rings. The minimum Gasteiger partial charge on any atom is -0.508 e. The molecule has 2 aromatic rings. The van der Waals surface area contributed by atoms with Crippen LogP contribution in [0.3, 0.4) is 0 Å². The lowest BCUT2D eigenvalue weighted by atomic mass is 9.84. The molecule has 1 aromatic heterocycles. The predicted octanol–water partition coefficient (Wildman–Crippen LogP) is 3.80. The molecular weight excluding hydrogens is 478 g/mol. The van der Waals surface area contributed by atoms with Crippen molar-refractivity contribution in [3.8, 4) is 5.75 Å². The Morgan fingerprint density at radius 2 is 1.84 bits per heavy atom. The van der Waals surface area contributed by atoms with Gasteiger partial charge in [0.2, 0.25) is 11.8 Å². The number of hydrogen-bond acceptors (Lipinski definition) is 6. The number of anilines is 1. The third-order valence-corrected chi connectivity index (χ3v) is 8.89. The zero-order valence-corrected chi connectivity index (χ0v) is 22.4. The number of nitrogen functional groups attached to an aromatic ring is 1. The lowest BCUT2D eigenvalue weighted by molar-refractivity contribution is -0.146. The summed E-state index contributed by atoms with van der Waals surface area (Å²) in [7, 11) is 0. The molecular formula is C30H41N5O3. The molecule has 1 aromatic carbocycles. The van der Waals surface area contributed by atoms with E-state index in [1.165, 1.54) is 19.3 Å². The first-order chi connectivity index (χ1) is 18.4.